The van der Waals surface area contributed by atoms with Crippen LogP contribution in [0.1, 0.15) is 64.9 Å². The van der Waals surface area contributed by atoms with Crippen molar-refractivity contribution in [2.24, 2.45) is 16.7 Å². The van der Waals surface area contributed by atoms with E-state index >= 15 is 0 Å². The monoisotopic (exact) mass is 374 g/mol. The van der Waals surface area contributed by atoms with Crippen molar-refractivity contribution in [3.8, 4) is 0 Å². The van der Waals surface area contributed by atoms with Gasteiger partial charge in [0.2, 0.25) is 0 Å². The summed E-state index contributed by atoms with van der Waals surface area (Å²) in [6.45, 7) is 7.72. The molecule has 5 heteroatoms. The van der Waals surface area contributed by atoms with E-state index < -0.39 is 11.8 Å². The van der Waals surface area contributed by atoms with Crippen molar-refractivity contribution in [1.29, 1.82) is 0 Å². The molecule has 1 saturated carbocycles. The molecule has 4 nitrogen and oxygen atoms in total. The fraction of sp³-hybridized carbons (Fsp3) is 0.571. The van der Waals surface area contributed by atoms with Gasteiger partial charge in [-0.05, 0) is 33.2 Å². The molecule has 1 N–H and O–H groups in total. The summed E-state index contributed by atoms with van der Waals surface area (Å²) in [7, 11) is 0. The second-order valence-corrected chi connectivity index (χ2v) is 10.0. The van der Waals surface area contributed by atoms with E-state index in [0.717, 1.165) is 5.56 Å². The number of hydrogen-bond donors (Lipinski definition) is 1. The van der Waals surface area contributed by atoms with Crippen molar-refractivity contribution >= 4 is 28.7 Å². The first-order valence-electron chi connectivity index (χ1n) is 9.03. The van der Waals surface area contributed by atoms with Crippen molar-refractivity contribution < 1.29 is 19.5 Å². The van der Waals surface area contributed by atoms with E-state index in [4.69, 9.17) is 0 Å². The van der Waals surface area contributed by atoms with Gasteiger partial charge in [0.05, 0.1) is 5.92 Å². The minimum absolute atomic E-state index is 0.0351. The summed E-state index contributed by atoms with van der Waals surface area (Å²) < 4.78 is 0. The highest BCUT2D eigenvalue weighted by Crippen LogP contribution is 2.47. The van der Waals surface area contributed by atoms with Crippen LogP contribution in [0.15, 0.2) is 28.2 Å². The Morgan fingerprint density at radius 3 is 2.08 bits per heavy atom. The topological polar surface area (TPSA) is 71.4 Å². The van der Waals surface area contributed by atoms with E-state index in [1.165, 1.54) is 11.3 Å². The first-order valence-corrected chi connectivity index (χ1v) is 9.98. The molecule has 2 aliphatic carbocycles. The molecule has 0 spiro atoms. The highest BCUT2D eigenvalue weighted by molar-refractivity contribution is 7.08. The summed E-state index contributed by atoms with van der Waals surface area (Å²) in [6, 6.07) is 1.85. The van der Waals surface area contributed by atoms with Crippen LogP contribution in [0.4, 0.5) is 0 Å². The third kappa shape index (κ3) is 3.54. The fourth-order valence-corrected chi connectivity index (χ4v) is 5.11. The molecular weight excluding hydrogens is 348 g/mol. The number of aliphatic hydroxyl groups is 1. The van der Waals surface area contributed by atoms with Crippen molar-refractivity contribution in [3.05, 3.63) is 33.7 Å². The Kier molecular flexibility index (Phi) is 4.72. The number of carbonyl (C=O) groups excluding carboxylic acids is 3. The largest absolute Gasteiger partial charge is 0.512 e. The van der Waals surface area contributed by atoms with Gasteiger partial charge in [-0.3, -0.25) is 14.4 Å². The van der Waals surface area contributed by atoms with E-state index in [9.17, 15) is 19.5 Å². The molecule has 1 aromatic heterocycles. The quantitative estimate of drug-likeness (QED) is 0.785. The third-order valence-corrected chi connectivity index (χ3v) is 6.14. The molecule has 0 aromatic carbocycles. The van der Waals surface area contributed by atoms with Gasteiger partial charge in [-0.1, -0.05) is 27.7 Å². The summed E-state index contributed by atoms with van der Waals surface area (Å²) in [5, 5.41) is 14.4. The maximum Gasteiger partial charge on any atom is 0.163 e. The maximum absolute atomic E-state index is 12.9. The van der Waals surface area contributed by atoms with Gasteiger partial charge in [0.25, 0.3) is 0 Å². The molecule has 1 unspecified atom stereocenters. The van der Waals surface area contributed by atoms with Crippen molar-refractivity contribution in [2.75, 3.05) is 0 Å². The van der Waals surface area contributed by atoms with Crippen LogP contribution in [0.2, 0.25) is 0 Å². The van der Waals surface area contributed by atoms with Crippen molar-refractivity contribution in [3.63, 3.8) is 0 Å². The van der Waals surface area contributed by atoms with Crippen molar-refractivity contribution in [2.45, 2.75) is 59.3 Å². The van der Waals surface area contributed by atoms with E-state index in [1.807, 2.05) is 44.5 Å². The lowest BCUT2D eigenvalue weighted by Crippen LogP contribution is -2.43. The number of allylic oxidation sites excluding steroid dienone is 2. The van der Waals surface area contributed by atoms with E-state index in [0.29, 0.717) is 25.7 Å². The predicted molar refractivity (Wildman–Crippen MR) is 101 cm³/mol. The standard InChI is InChI=1S/C21H26O4S/c1-20(2)7-13(22)18(14(23)8-20)17(12-5-6-26-11-12)19-15(24)9-21(3,4)10-16(19)25/h5-6,11,17-18,24H,7-10H2,1-4H3. The fourth-order valence-electron chi connectivity index (χ4n) is 4.41. The Hall–Kier alpha value is -1.75. The average Bonchev–Trinajstić information content (AvgIpc) is 2.95. The lowest BCUT2D eigenvalue weighted by molar-refractivity contribution is -0.140. The van der Waals surface area contributed by atoms with Crippen LogP contribution in [0, 0.1) is 16.7 Å². The molecule has 140 valence electrons. The molecule has 1 fully saturated rings. The first kappa shape index (κ1) is 19.0. The van der Waals surface area contributed by atoms with Crippen LogP contribution >= 0.6 is 11.3 Å². The van der Waals surface area contributed by atoms with Crippen LogP contribution < -0.4 is 0 Å². The molecular formula is C21H26O4S. The maximum atomic E-state index is 12.9. The molecule has 1 aromatic rings. The first-order chi connectivity index (χ1) is 12.0. The molecule has 0 bridgehead atoms. The van der Waals surface area contributed by atoms with Gasteiger partial charge in [-0.2, -0.15) is 11.3 Å². The summed E-state index contributed by atoms with van der Waals surface area (Å²) in [4.78, 5) is 38.7. The molecule has 0 saturated heterocycles. The van der Waals surface area contributed by atoms with E-state index in [1.54, 1.807) is 0 Å². The Morgan fingerprint density at radius 2 is 1.58 bits per heavy atom. The predicted octanol–water partition coefficient (Wildman–Crippen LogP) is 4.61. The van der Waals surface area contributed by atoms with Gasteiger partial charge < -0.3 is 5.11 Å². The molecule has 2 aliphatic rings. The average molecular weight is 375 g/mol. The van der Waals surface area contributed by atoms with Crippen LogP contribution in [-0.2, 0) is 14.4 Å². The lowest BCUT2D eigenvalue weighted by Gasteiger charge is -2.38. The number of Topliss-reactive ketones (excluding diaryl/α,β-unsaturated/α-hetero) is 3. The van der Waals surface area contributed by atoms with Gasteiger partial charge in [0, 0.05) is 37.2 Å². The zero-order valence-corrected chi connectivity index (χ0v) is 16.6. The SMILES string of the molecule is CC1(C)CC(=O)C(C(C2=C(O)CC(C)(C)CC2=O)c2ccsc2)C(=O)C1. The summed E-state index contributed by atoms with van der Waals surface area (Å²) in [6.07, 6.45) is 1.33. The lowest BCUT2D eigenvalue weighted by atomic mass is 9.63. The minimum Gasteiger partial charge on any atom is -0.512 e. The molecule has 26 heavy (non-hydrogen) atoms. The van der Waals surface area contributed by atoms with Gasteiger partial charge in [-0.15, -0.1) is 0 Å². The number of carbonyl (C=O) groups is 3. The van der Waals surface area contributed by atoms with E-state index in [2.05, 4.69) is 0 Å². The summed E-state index contributed by atoms with van der Waals surface area (Å²) in [5.74, 6) is -1.91. The van der Waals surface area contributed by atoms with Crippen LogP contribution in [-0.4, -0.2) is 22.5 Å². The van der Waals surface area contributed by atoms with E-state index in [-0.39, 0.29) is 39.5 Å². The molecule has 0 radical (unpaired) electrons. The van der Waals surface area contributed by atoms with Crippen LogP contribution in [0.5, 0.6) is 0 Å². The van der Waals surface area contributed by atoms with Crippen LogP contribution in [0.25, 0.3) is 0 Å². The van der Waals surface area contributed by atoms with Gasteiger partial charge in [0.1, 0.15) is 17.3 Å². The number of rotatable bonds is 3. The van der Waals surface area contributed by atoms with Gasteiger partial charge in [0.15, 0.2) is 5.78 Å². The number of aliphatic hydroxyl groups excluding tert-OH is 1. The smallest absolute Gasteiger partial charge is 0.163 e. The molecule has 0 amide bonds. The number of hydrogen-bond acceptors (Lipinski definition) is 5. The second kappa shape index (κ2) is 6.45. The number of thiophene rings is 1. The Balaban J connectivity index is 2.10. The zero-order valence-electron chi connectivity index (χ0n) is 15.8. The highest BCUT2D eigenvalue weighted by atomic mass is 32.1. The van der Waals surface area contributed by atoms with Crippen molar-refractivity contribution in [1.82, 2.24) is 0 Å². The van der Waals surface area contributed by atoms with Gasteiger partial charge >= 0.3 is 0 Å². The molecule has 1 atom stereocenters. The van der Waals surface area contributed by atoms with Crippen LogP contribution in [0.3, 0.4) is 0 Å². The van der Waals surface area contributed by atoms with Gasteiger partial charge in [-0.25, -0.2) is 0 Å². The molecule has 1 heterocycles. The molecule has 0 aliphatic heterocycles. The highest BCUT2D eigenvalue weighted by Gasteiger charge is 2.48. The minimum atomic E-state index is -0.875. The summed E-state index contributed by atoms with van der Waals surface area (Å²) in [5.41, 5.74) is 0.385. The molecule has 3 rings (SSSR count). The normalized spacial score (nSPS) is 24.8. The Bertz CT molecular complexity index is 763. The third-order valence-electron chi connectivity index (χ3n) is 5.44. The number of ketones is 3. The Morgan fingerprint density at radius 1 is 1.00 bits per heavy atom. The Labute approximate surface area is 158 Å². The second-order valence-electron chi connectivity index (χ2n) is 9.26. The zero-order chi connectivity index (χ0) is 19.3. The summed E-state index contributed by atoms with van der Waals surface area (Å²) >= 11 is 1.46.